The minimum Gasteiger partial charge on any atom is -0.352 e. The van der Waals surface area contributed by atoms with Crippen LogP contribution < -0.4 is 5.32 Å². The molecular formula is C19H19Cl2N3O. The highest BCUT2D eigenvalue weighted by molar-refractivity contribution is 6.42. The largest absolute Gasteiger partial charge is 0.352 e. The lowest BCUT2D eigenvalue weighted by Crippen LogP contribution is -2.49. The van der Waals surface area contributed by atoms with Gasteiger partial charge in [-0.25, -0.2) is 9.97 Å². The molecular weight excluding hydrogens is 357 g/mol. The molecule has 130 valence electrons. The van der Waals surface area contributed by atoms with E-state index in [-0.39, 0.29) is 17.2 Å². The Hall–Kier alpha value is -1.65. The third-order valence-electron chi connectivity index (χ3n) is 6.04. The first kappa shape index (κ1) is 16.8. The molecule has 4 rings (SSSR count). The highest BCUT2D eigenvalue weighted by Crippen LogP contribution is 2.67. The third-order valence-corrected chi connectivity index (χ3v) is 6.76. The SMILES string of the molecule is C=CCNC(=O)C12CCC(c3nc4cc(Cl)c(Cl)cc4nc31)C2(C)C. The van der Waals surface area contributed by atoms with Crippen LogP contribution in [0.1, 0.15) is 44.0 Å². The van der Waals surface area contributed by atoms with Crippen molar-refractivity contribution in [1.82, 2.24) is 15.3 Å². The van der Waals surface area contributed by atoms with Gasteiger partial charge in [-0.05, 0) is 30.4 Å². The Balaban J connectivity index is 1.96. The number of halogens is 2. The Bertz CT molecular complexity index is 925. The fourth-order valence-corrected chi connectivity index (χ4v) is 5.01. The van der Waals surface area contributed by atoms with Crippen molar-refractivity contribution in [1.29, 1.82) is 0 Å². The van der Waals surface area contributed by atoms with Gasteiger partial charge in [0.15, 0.2) is 0 Å². The predicted octanol–water partition coefficient (Wildman–Crippen LogP) is 4.39. The molecule has 2 aliphatic rings. The van der Waals surface area contributed by atoms with Crippen LogP contribution in [0.15, 0.2) is 24.8 Å². The number of aromatic nitrogens is 2. The van der Waals surface area contributed by atoms with Gasteiger partial charge < -0.3 is 5.32 Å². The maximum absolute atomic E-state index is 13.1. The lowest BCUT2D eigenvalue weighted by molar-refractivity contribution is -0.129. The molecule has 2 unspecified atom stereocenters. The number of amides is 1. The molecule has 4 nitrogen and oxygen atoms in total. The lowest BCUT2D eigenvalue weighted by Gasteiger charge is -2.36. The Morgan fingerprint density at radius 1 is 1.32 bits per heavy atom. The molecule has 1 heterocycles. The zero-order chi connectivity index (χ0) is 18.0. The lowest BCUT2D eigenvalue weighted by atomic mass is 9.67. The molecule has 2 atom stereocenters. The zero-order valence-electron chi connectivity index (χ0n) is 14.2. The van der Waals surface area contributed by atoms with E-state index in [0.717, 1.165) is 29.7 Å². The van der Waals surface area contributed by atoms with Gasteiger partial charge in [0.25, 0.3) is 0 Å². The predicted molar refractivity (Wildman–Crippen MR) is 100 cm³/mol. The summed E-state index contributed by atoms with van der Waals surface area (Å²) in [5.74, 6) is 0.218. The van der Waals surface area contributed by atoms with E-state index < -0.39 is 5.41 Å². The van der Waals surface area contributed by atoms with Crippen molar-refractivity contribution in [3.63, 3.8) is 0 Å². The standard InChI is InChI=1S/C19H19Cl2N3O/c1-4-7-22-17(25)19-6-5-10(18(19,2)3)15-16(19)24-14-9-12(21)11(20)8-13(14)23-15/h4,8-10H,1,5-7H2,2-3H3,(H,22,25). The van der Waals surface area contributed by atoms with Gasteiger partial charge in [0, 0.05) is 12.5 Å². The first-order valence-electron chi connectivity index (χ1n) is 8.39. The summed E-state index contributed by atoms with van der Waals surface area (Å²) in [7, 11) is 0. The monoisotopic (exact) mass is 375 g/mol. The number of benzene rings is 1. The van der Waals surface area contributed by atoms with Gasteiger partial charge in [0.2, 0.25) is 5.91 Å². The minimum atomic E-state index is -0.663. The smallest absolute Gasteiger partial charge is 0.233 e. The maximum Gasteiger partial charge on any atom is 0.233 e. The molecule has 1 N–H and O–H groups in total. The van der Waals surface area contributed by atoms with Gasteiger partial charge in [-0.15, -0.1) is 6.58 Å². The molecule has 0 aliphatic heterocycles. The van der Waals surface area contributed by atoms with E-state index in [9.17, 15) is 4.79 Å². The second kappa shape index (κ2) is 5.42. The second-order valence-corrected chi connectivity index (χ2v) is 8.24. The molecule has 6 heteroatoms. The van der Waals surface area contributed by atoms with Gasteiger partial charge in [0.1, 0.15) is 0 Å². The van der Waals surface area contributed by atoms with E-state index >= 15 is 0 Å². The number of hydrogen-bond acceptors (Lipinski definition) is 3. The van der Waals surface area contributed by atoms with Crippen LogP contribution in [0.5, 0.6) is 0 Å². The third kappa shape index (κ3) is 2.04. The van der Waals surface area contributed by atoms with Crippen molar-refractivity contribution < 1.29 is 4.79 Å². The summed E-state index contributed by atoms with van der Waals surface area (Å²) < 4.78 is 0. The fourth-order valence-electron chi connectivity index (χ4n) is 4.70. The van der Waals surface area contributed by atoms with Crippen molar-refractivity contribution >= 4 is 40.1 Å². The summed E-state index contributed by atoms with van der Waals surface area (Å²) in [4.78, 5) is 22.8. The molecule has 0 radical (unpaired) electrons. The highest BCUT2D eigenvalue weighted by Gasteiger charge is 2.67. The minimum absolute atomic E-state index is 0.00682. The average molecular weight is 376 g/mol. The summed E-state index contributed by atoms with van der Waals surface area (Å²) in [5.41, 5.74) is 2.21. The highest BCUT2D eigenvalue weighted by atomic mass is 35.5. The van der Waals surface area contributed by atoms with Crippen molar-refractivity contribution in [3.05, 3.63) is 46.2 Å². The van der Waals surface area contributed by atoms with Crippen LogP contribution in [-0.4, -0.2) is 22.4 Å². The molecule has 0 saturated heterocycles. The van der Waals surface area contributed by atoms with E-state index in [1.807, 2.05) is 0 Å². The number of carbonyl (C=O) groups excluding carboxylic acids is 1. The zero-order valence-corrected chi connectivity index (χ0v) is 15.7. The fraction of sp³-hybridized carbons (Fsp3) is 0.421. The number of carbonyl (C=O) groups is 1. The molecule has 1 saturated carbocycles. The van der Waals surface area contributed by atoms with Crippen LogP contribution in [0, 0.1) is 5.41 Å². The summed E-state index contributed by atoms with van der Waals surface area (Å²) in [6, 6.07) is 3.47. The van der Waals surface area contributed by atoms with E-state index in [1.54, 1.807) is 18.2 Å². The van der Waals surface area contributed by atoms with Crippen LogP contribution in [0.3, 0.4) is 0 Å². The second-order valence-electron chi connectivity index (χ2n) is 7.43. The van der Waals surface area contributed by atoms with E-state index in [2.05, 4.69) is 25.7 Å². The van der Waals surface area contributed by atoms with Crippen LogP contribution in [0.25, 0.3) is 11.0 Å². The van der Waals surface area contributed by atoms with E-state index in [4.69, 9.17) is 33.2 Å². The molecule has 1 aromatic carbocycles. The molecule has 1 amide bonds. The van der Waals surface area contributed by atoms with Crippen molar-refractivity contribution in [2.24, 2.45) is 5.41 Å². The summed E-state index contributed by atoms with van der Waals surface area (Å²) in [5, 5.41) is 3.89. The van der Waals surface area contributed by atoms with Gasteiger partial charge in [0.05, 0.1) is 37.9 Å². The number of nitrogens with one attached hydrogen (secondary N) is 1. The Kier molecular flexibility index (Phi) is 3.64. The van der Waals surface area contributed by atoms with Crippen molar-refractivity contribution in [2.45, 2.75) is 38.0 Å². The molecule has 1 aromatic heterocycles. The Morgan fingerprint density at radius 3 is 2.60 bits per heavy atom. The van der Waals surface area contributed by atoms with Crippen molar-refractivity contribution in [3.8, 4) is 0 Å². The molecule has 1 fully saturated rings. The molecule has 2 aromatic rings. The average Bonchev–Trinajstić information content (AvgIpc) is 2.94. The Morgan fingerprint density at radius 2 is 1.96 bits per heavy atom. The van der Waals surface area contributed by atoms with E-state index in [0.29, 0.717) is 22.1 Å². The van der Waals surface area contributed by atoms with Gasteiger partial charge >= 0.3 is 0 Å². The van der Waals surface area contributed by atoms with Gasteiger partial charge in [-0.3, -0.25) is 4.79 Å². The summed E-state index contributed by atoms with van der Waals surface area (Å²) >= 11 is 12.3. The number of fused-ring (bicyclic) bond motifs is 6. The van der Waals surface area contributed by atoms with E-state index in [1.165, 1.54) is 0 Å². The summed E-state index contributed by atoms with van der Waals surface area (Å²) in [6.07, 6.45) is 3.41. The van der Waals surface area contributed by atoms with Crippen molar-refractivity contribution in [2.75, 3.05) is 6.54 Å². The van der Waals surface area contributed by atoms with Crippen LogP contribution in [0.2, 0.25) is 10.0 Å². The number of hydrogen-bond donors (Lipinski definition) is 1. The maximum atomic E-state index is 13.1. The quantitative estimate of drug-likeness (QED) is 0.809. The van der Waals surface area contributed by atoms with Gasteiger partial charge in [-0.2, -0.15) is 0 Å². The first-order valence-corrected chi connectivity index (χ1v) is 9.15. The van der Waals surface area contributed by atoms with Crippen LogP contribution in [0.4, 0.5) is 0 Å². The number of rotatable bonds is 3. The first-order chi connectivity index (χ1) is 11.8. The normalized spacial score (nSPS) is 25.8. The van der Waals surface area contributed by atoms with Crippen LogP contribution >= 0.6 is 23.2 Å². The van der Waals surface area contributed by atoms with Gasteiger partial charge in [-0.1, -0.05) is 43.1 Å². The Labute approximate surface area is 156 Å². The number of nitrogens with zero attached hydrogens (tertiary/aromatic N) is 2. The van der Waals surface area contributed by atoms with Crippen LogP contribution in [-0.2, 0) is 10.2 Å². The topological polar surface area (TPSA) is 54.9 Å². The molecule has 2 bridgehead atoms. The molecule has 0 spiro atoms. The molecule has 25 heavy (non-hydrogen) atoms. The molecule has 2 aliphatic carbocycles. The summed E-state index contributed by atoms with van der Waals surface area (Å²) in [6.45, 7) is 8.42.